The van der Waals surface area contributed by atoms with Gasteiger partial charge in [0.25, 0.3) is 5.91 Å². The zero-order chi connectivity index (χ0) is 13.3. The van der Waals surface area contributed by atoms with Crippen LogP contribution in [0.5, 0.6) is 0 Å². The minimum atomic E-state index is 0.0803. The quantitative estimate of drug-likeness (QED) is 0.682. The van der Waals surface area contributed by atoms with Gasteiger partial charge in [0.1, 0.15) is 6.54 Å². The van der Waals surface area contributed by atoms with E-state index in [4.69, 9.17) is 0 Å². The number of amides is 2. The average molecular weight is 243 g/mol. The summed E-state index contributed by atoms with van der Waals surface area (Å²) in [5.41, 5.74) is 0. The molecule has 0 saturated carbocycles. The molecule has 1 unspecified atom stereocenters. The molecule has 0 radical (unpaired) electrons. The molecule has 1 N–H and O–H groups in total. The highest BCUT2D eigenvalue weighted by atomic mass is 16.2. The van der Waals surface area contributed by atoms with Gasteiger partial charge in [-0.1, -0.05) is 20.3 Å². The van der Waals surface area contributed by atoms with Crippen molar-refractivity contribution in [1.82, 2.24) is 5.01 Å². The number of quaternary nitrogens is 1. The second-order valence-electron chi connectivity index (χ2n) is 4.21. The van der Waals surface area contributed by atoms with Crippen molar-refractivity contribution in [2.24, 2.45) is 0 Å². The molecule has 0 bridgehead atoms. The maximum Gasteiger partial charge on any atom is 0.336 e. The van der Waals surface area contributed by atoms with Crippen molar-refractivity contribution < 1.29 is 14.6 Å². The molecule has 0 aromatic heterocycles. The molecule has 0 heterocycles. The second-order valence-corrected chi connectivity index (χ2v) is 4.21. The number of carbonyl (C=O) groups excluding carboxylic acids is 2. The lowest BCUT2D eigenvalue weighted by atomic mass is 10.2. The summed E-state index contributed by atoms with van der Waals surface area (Å²) in [6.45, 7) is 9.16. The monoisotopic (exact) mass is 243 g/mol. The van der Waals surface area contributed by atoms with Crippen molar-refractivity contribution in [3.8, 4) is 0 Å². The highest BCUT2D eigenvalue weighted by Crippen LogP contribution is 1.95. The SMILES string of the molecule is CCCCC(=O)[NH+](CC)N(CC)C(=O)CCC. The van der Waals surface area contributed by atoms with Gasteiger partial charge in [0.15, 0.2) is 0 Å². The Morgan fingerprint density at radius 2 is 1.65 bits per heavy atom. The molecule has 0 aliphatic carbocycles. The minimum Gasteiger partial charge on any atom is -0.270 e. The zero-order valence-corrected chi connectivity index (χ0v) is 11.7. The van der Waals surface area contributed by atoms with Gasteiger partial charge in [-0.05, 0) is 26.7 Å². The molecule has 0 fully saturated rings. The summed E-state index contributed by atoms with van der Waals surface area (Å²) in [5, 5.41) is 2.36. The van der Waals surface area contributed by atoms with E-state index in [1.807, 2.05) is 20.8 Å². The zero-order valence-electron chi connectivity index (χ0n) is 11.7. The molecule has 0 aromatic rings. The van der Waals surface area contributed by atoms with Crippen LogP contribution in [0.3, 0.4) is 0 Å². The highest BCUT2D eigenvalue weighted by molar-refractivity contribution is 5.76. The molecule has 0 spiro atoms. The summed E-state index contributed by atoms with van der Waals surface area (Å²) in [7, 11) is 0. The fourth-order valence-electron chi connectivity index (χ4n) is 1.89. The molecule has 4 nitrogen and oxygen atoms in total. The maximum atomic E-state index is 12.0. The number of unbranched alkanes of at least 4 members (excludes halogenated alkanes) is 1. The third-order valence-corrected chi connectivity index (χ3v) is 2.82. The Balaban J connectivity index is 4.57. The first kappa shape index (κ1) is 16.1. The van der Waals surface area contributed by atoms with E-state index in [2.05, 4.69) is 6.92 Å². The van der Waals surface area contributed by atoms with Crippen LogP contribution in [0.4, 0.5) is 0 Å². The van der Waals surface area contributed by atoms with Crippen molar-refractivity contribution in [1.29, 1.82) is 0 Å². The van der Waals surface area contributed by atoms with Crippen LogP contribution in [0.1, 0.15) is 59.8 Å². The molecule has 17 heavy (non-hydrogen) atoms. The van der Waals surface area contributed by atoms with Crippen LogP contribution in [0, 0.1) is 0 Å². The van der Waals surface area contributed by atoms with E-state index in [1.54, 1.807) is 5.01 Å². The Kier molecular flexibility index (Phi) is 8.68. The van der Waals surface area contributed by atoms with Crippen molar-refractivity contribution in [2.45, 2.75) is 59.8 Å². The van der Waals surface area contributed by atoms with Gasteiger partial charge in [-0.25, -0.2) is 4.79 Å². The molecule has 0 rings (SSSR count). The van der Waals surface area contributed by atoms with Gasteiger partial charge in [0.05, 0.1) is 13.0 Å². The predicted octanol–water partition coefficient (Wildman–Crippen LogP) is 1.17. The Morgan fingerprint density at radius 3 is 2.06 bits per heavy atom. The minimum absolute atomic E-state index is 0.0803. The van der Waals surface area contributed by atoms with Crippen LogP contribution in [-0.4, -0.2) is 29.9 Å². The number of hydrogen-bond donors (Lipinski definition) is 1. The van der Waals surface area contributed by atoms with Gasteiger partial charge in [-0.15, -0.1) is 0 Å². The molecule has 0 saturated heterocycles. The number of hydrogen-bond acceptors (Lipinski definition) is 2. The topological polar surface area (TPSA) is 41.8 Å². The number of nitrogens with one attached hydrogen (secondary N) is 1. The van der Waals surface area contributed by atoms with E-state index in [0.717, 1.165) is 19.3 Å². The third kappa shape index (κ3) is 5.31. The van der Waals surface area contributed by atoms with Crippen LogP contribution in [-0.2, 0) is 9.59 Å². The summed E-state index contributed by atoms with van der Waals surface area (Å²) >= 11 is 0. The fraction of sp³-hybridized carbons (Fsp3) is 0.846. The van der Waals surface area contributed by atoms with Crippen molar-refractivity contribution in [3.05, 3.63) is 0 Å². The van der Waals surface area contributed by atoms with Gasteiger partial charge < -0.3 is 0 Å². The predicted molar refractivity (Wildman–Crippen MR) is 68.3 cm³/mol. The first-order valence-corrected chi connectivity index (χ1v) is 6.81. The first-order valence-electron chi connectivity index (χ1n) is 6.81. The maximum absolute atomic E-state index is 12.0. The van der Waals surface area contributed by atoms with E-state index in [0.29, 0.717) is 30.9 Å². The van der Waals surface area contributed by atoms with E-state index >= 15 is 0 Å². The van der Waals surface area contributed by atoms with Crippen LogP contribution < -0.4 is 5.01 Å². The Bertz CT molecular complexity index is 242. The summed E-state index contributed by atoms with van der Waals surface area (Å²) in [5.74, 6) is 0.220. The first-order chi connectivity index (χ1) is 8.12. The van der Waals surface area contributed by atoms with Crippen molar-refractivity contribution in [3.63, 3.8) is 0 Å². The van der Waals surface area contributed by atoms with Crippen molar-refractivity contribution in [2.75, 3.05) is 13.1 Å². The molecule has 2 amide bonds. The van der Waals surface area contributed by atoms with Crippen LogP contribution in [0.15, 0.2) is 0 Å². The van der Waals surface area contributed by atoms with E-state index in [1.165, 1.54) is 0 Å². The van der Waals surface area contributed by atoms with E-state index < -0.39 is 0 Å². The lowest BCUT2D eigenvalue weighted by Gasteiger charge is -2.27. The summed E-state index contributed by atoms with van der Waals surface area (Å²) in [4.78, 5) is 23.9. The lowest BCUT2D eigenvalue weighted by Crippen LogP contribution is -3.20. The normalized spacial score (nSPS) is 12.2. The number of nitrogens with zero attached hydrogens (tertiary/aromatic N) is 1. The smallest absolute Gasteiger partial charge is 0.270 e. The van der Waals surface area contributed by atoms with E-state index in [9.17, 15) is 9.59 Å². The molecule has 0 aromatic carbocycles. The average Bonchev–Trinajstić information content (AvgIpc) is 2.32. The molecule has 100 valence electrons. The Labute approximate surface area is 105 Å². The molecule has 0 aliphatic heterocycles. The summed E-state index contributed by atoms with van der Waals surface area (Å²) in [6, 6.07) is 0. The van der Waals surface area contributed by atoms with Crippen LogP contribution in [0.2, 0.25) is 0 Å². The lowest BCUT2D eigenvalue weighted by molar-refractivity contribution is -0.930. The Morgan fingerprint density at radius 1 is 1.00 bits per heavy atom. The van der Waals surface area contributed by atoms with Crippen LogP contribution in [0.25, 0.3) is 0 Å². The standard InChI is InChI=1S/C13H26N2O2/c1-5-9-11-13(17)15(8-4)14(7-3)12(16)10-6-2/h5-11H2,1-4H3/p+1. The summed E-state index contributed by atoms with van der Waals surface area (Å²) in [6.07, 6.45) is 3.84. The molecule has 0 aliphatic rings. The van der Waals surface area contributed by atoms with Gasteiger partial charge in [-0.3, -0.25) is 4.79 Å². The molecular weight excluding hydrogens is 216 g/mol. The van der Waals surface area contributed by atoms with Gasteiger partial charge in [-0.2, -0.15) is 10.0 Å². The molecular formula is C13H27N2O2+. The third-order valence-electron chi connectivity index (χ3n) is 2.82. The highest BCUT2D eigenvalue weighted by Gasteiger charge is 2.27. The fourth-order valence-corrected chi connectivity index (χ4v) is 1.89. The van der Waals surface area contributed by atoms with Gasteiger partial charge in [0.2, 0.25) is 0 Å². The van der Waals surface area contributed by atoms with Crippen LogP contribution >= 0.6 is 0 Å². The number of rotatable bonds is 7. The van der Waals surface area contributed by atoms with E-state index in [-0.39, 0.29) is 11.8 Å². The second kappa shape index (κ2) is 9.16. The molecule has 1 atom stereocenters. The van der Waals surface area contributed by atoms with Gasteiger partial charge in [0, 0.05) is 6.42 Å². The summed E-state index contributed by atoms with van der Waals surface area (Å²) < 4.78 is 0. The van der Waals surface area contributed by atoms with Gasteiger partial charge >= 0.3 is 5.91 Å². The van der Waals surface area contributed by atoms with Crippen molar-refractivity contribution >= 4 is 11.8 Å². The molecule has 4 heteroatoms. The largest absolute Gasteiger partial charge is 0.336 e. The Hall–Kier alpha value is -0.900. The number of carbonyl (C=O) groups is 2.